The van der Waals surface area contributed by atoms with E-state index in [0.29, 0.717) is 11.3 Å². The van der Waals surface area contributed by atoms with E-state index in [9.17, 15) is 13.2 Å². The minimum Gasteiger partial charge on any atom is -0.359 e. The summed E-state index contributed by atoms with van der Waals surface area (Å²) in [7, 11) is 0. The molecule has 0 atom stereocenters. The largest absolute Gasteiger partial charge is 0.416 e. The smallest absolute Gasteiger partial charge is 0.359 e. The molecule has 1 aromatic carbocycles. The standard InChI is InChI=1S/C18H19F3N2/c1-13(2)23(14(3)4)17(11-12-22)10-7-15-5-8-16(9-6-15)18(19,20)21/h5-6,8-9,11,13-14H,1-4H3/b17-11+. The molecule has 0 saturated carbocycles. The lowest BCUT2D eigenvalue weighted by Gasteiger charge is -2.32. The van der Waals surface area contributed by atoms with E-state index < -0.39 is 11.7 Å². The van der Waals surface area contributed by atoms with Gasteiger partial charge in [-0.05, 0) is 57.9 Å². The van der Waals surface area contributed by atoms with E-state index in [1.807, 2.05) is 38.7 Å². The first-order chi connectivity index (χ1) is 10.7. The Bertz CT molecular complexity index is 643. The van der Waals surface area contributed by atoms with Crippen LogP contribution in [-0.4, -0.2) is 17.0 Å². The number of allylic oxidation sites excluding steroid dienone is 2. The predicted molar refractivity (Wildman–Crippen MR) is 84.1 cm³/mol. The van der Waals surface area contributed by atoms with Crippen LogP contribution in [0.4, 0.5) is 13.2 Å². The minimum atomic E-state index is -4.36. The molecule has 0 N–H and O–H groups in total. The molecular weight excluding hydrogens is 301 g/mol. The molecule has 0 aliphatic heterocycles. The average molecular weight is 320 g/mol. The SMILES string of the molecule is CC(C)N(/C(C#Cc1ccc(C(F)(F)F)cc1)=C/C#N)C(C)C. The number of alkyl halides is 3. The zero-order chi connectivity index (χ0) is 17.6. The number of nitrogens with zero attached hydrogens (tertiary/aromatic N) is 2. The van der Waals surface area contributed by atoms with Crippen LogP contribution in [0.25, 0.3) is 0 Å². The number of halogens is 3. The van der Waals surface area contributed by atoms with Crippen LogP contribution < -0.4 is 0 Å². The van der Waals surface area contributed by atoms with Gasteiger partial charge in [-0.3, -0.25) is 0 Å². The van der Waals surface area contributed by atoms with Crippen molar-refractivity contribution in [2.75, 3.05) is 0 Å². The molecular formula is C18H19F3N2. The molecule has 1 rings (SSSR count). The Hall–Kier alpha value is -2.40. The topological polar surface area (TPSA) is 27.0 Å². The summed E-state index contributed by atoms with van der Waals surface area (Å²) in [5.41, 5.74) is 0.313. The van der Waals surface area contributed by atoms with Crippen molar-refractivity contribution in [3.63, 3.8) is 0 Å². The summed E-state index contributed by atoms with van der Waals surface area (Å²) < 4.78 is 37.6. The lowest BCUT2D eigenvalue weighted by Crippen LogP contribution is -2.35. The fraction of sp³-hybridized carbons (Fsp3) is 0.389. The molecule has 0 radical (unpaired) electrons. The third-order valence-electron chi connectivity index (χ3n) is 3.14. The van der Waals surface area contributed by atoms with Crippen LogP contribution in [0.1, 0.15) is 38.8 Å². The van der Waals surface area contributed by atoms with Crippen LogP contribution in [0, 0.1) is 23.2 Å². The minimum absolute atomic E-state index is 0.150. The molecule has 0 bridgehead atoms. The monoisotopic (exact) mass is 320 g/mol. The van der Waals surface area contributed by atoms with Crippen molar-refractivity contribution in [1.82, 2.24) is 4.90 Å². The Morgan fingerprint density at radius 3 is 2.00 bits per heavy atom. The zero-order valence-corrected chi connectivity index (χ0v) is 13.6. The second-order valence-electron chi connectivity index (χ2n) is 5.58. The highest BCUT2D eigenvalue weighted by Crippen LogP contribution is 2.28. The summed E-state index contributed by atoms with van der Waals surface area (Å²) in [5.74, 6) is 5.71. The number of hydrogen-bond donors (Lipinski definition) is 0. The van der Waals surface area contributed by atoms with Gasteiger partial charge >= 0.3 is 6.18 Å². The highest BCUT2D eigenvalue weighted by Gasteiger charge is 2.29. The van der Waals surface area contributed by atoms with Crippen LogP contribution in [0.3, 0.4) is 0 Å². The van der Waals surface area contributed by atoms with Gasteiger partial charge in [-0.2, -0.15) is 18.4 Å². The van der Waals surface area contributed by atoms with Gasteiger partial charge in [-0.1, -0.05) is 5.92 Å². The van der Waals surface area contributed by atoms with Crippen molar-refractivity contribution in [2.45, 2.75) is 46.0 Å². The second-order valence-corrected chi connectivity index (χ2v) is 5.58. The third kappa shape index (κ3) is 5.38. The van der Waals surface area contributed by atoms with Crippen LogP contribution in [0.15, 0.2) is 36.0 Å². The lowest BCUT2D eigenvalue weighted by atomic mass is 10.1. The molecule has 0 amide bonds. The van der Waals surface area contributed by atoms with Gasteiger partial charge in [-0.25, -0.2) is 0 Å². The molecule has 2 nitrogen and oxygen atoms in total. The maximum atomic E-state index is 12.5. The maximum absolute atomic E-state index is 12.5. The Morgan fingerprint density at radius 1 is 1.09 bits per heavy atom. The molecule has 0 aromatic heterocycles. The highest BCUT2D eigenvalue weighted by molar-refractivity contribution is 5.43. The van der Waals surface area contributed by atoms with E-state index in [-0.39, 0.29) is 12.1 Å². The normalized spacial score (nSPS) is 11.9. The molecule has 0 spiro atoms. The first-order valence-electron chi connectivity index (χ1n) is 7.24. The number of rotatable bonds is 3. The van der Waals surface area contributed by atoms with Crippen molar-refractivity contribution in [3.05, 3.63) is 47.2 Å². The summed E-state index contributed by atoms with van der Waals surface area (Å²) in [6.07, 6.45) is -3.00. The van der Waals surface area contributed by atoms with E-state index >= 15 is 0 Å². The molecule has 0 unspecified atom stereocenters. The van der Waals surface area contributed by atoms with Crippen LogP contribution in [0.5, 0.6) is 0 Å². The maximum Gasteiger partial charge on any atom is 0.416 e. The van der Waals surface area contributed by atoms with Crippen molar-refractivity contribution >= 4 is 0 Å². The van der Waals surface area contributed by atoms with E-state index in [1.165, 1.54) is 18.2 Å². The summed E-state index contributed by atoms with van der Waals surface area (Å²) in [5, 5.41) is 8.93. The van der Waals surface area contributed by atoms with E-state index in [2.05, 4.69) is 11.8 Å². The van der Waals surface area contributed by atoms with Gasteiger partial charge in [0.25, 0.3) is 0 Å². The molecule has 0 heterocycles. The van der Waals surface area contributed by atoms with Gasteiger partial charge < -0.3 is 4.90 Å². The van der Waals surface area contributed by atoms with Gasteiger partial charge in [0.15, 0.2) is 0 Å². The molecule has 0 fully saturated rings. The quantitative estimate of drug-likeness (QED) is 0.602. The number of benzene rings is 1. The van der Waals surface area contributed by atoms with Gasteiger partial charge in [0.05, 0.1) is 17.3 Å². The van der Waals surface area contributed by atoms with E-state index in [0.717, 1.165) is 12.1 Å². The molecule has 23 heavy (non-hydrogen) atoms. The second kappa shape index (κ2) is 7.74. The summed E-state index contributed by atoms with van der Waals surface area (Å²) >= 11 is 0. The first kappa shape index (κ1) is 18.6. The number of hydrogen-bond acceptors (Lipinski definition) is 2. The first-order valence-corrected chi connectivity index (χ1v) is 7.24. The predicted octanol–water partition coefficient (Wildman–Crippen LogP) is 4.58. The Kier molecular flexibility index (Phi) is 6.28. The van der Waals surface area contributed by atoms with Crippen molar-refractivity contribution in [2.24, 2.45) is 0 Å². The van der Waals surface area contributed by atoms with Crippen molar-refractivity contribution in [3.8, 4) is 17.9 Å². The van der Waals surface area contributed by atoms with Gasteiger partial charge in [0.1, 0.15) is 0 Å². The van der Waals surface area contributed by atoms with Gasteiger partial charge in [-0.15, -0.1) is 0 Å². The summed E-state index contributed by atoms with van der Waals surface area (Å²) in [6, 6.07) is 6.92. The molecule has 0 saturated heterocycles. The fourth-order valence-electron chi connectivity index (χ4n) is 2.27. The van der Waals surface area contributed by atoms with Gasteiger partial charge in [0.2, 0.25) is 0 Å². The van der Waals surface area contributed by atoms with Crippen LogP contribution >= 0.6 is 0 Å². The average Bonchev–Trinajstić information content (AvgIpc) is 2.43. The zero-order valence-electron chi connectivity index (χ0n) is 13.6. The molecule has 1 aromatic rings. The third-order valence-corrected chi connectivity index (χ3v) is 3.14. The van der Waals surface area contributed by atoms with E-state index in [4.69, 9.17) is 5.26 Å². The lowest BCUT2D eigenvalue weighted by molar-refractivity contribution is -0.137. The molecule has 0 aliphatic rings. The van der Waals surface area contributed by atoms with Crippen molar-refractivity contribution in [1.29, 1.82) is 5.26 Å². The van der Waals surface area contributed by atoms with E-state index in [1.54, 1.807) is 0 Å². The highest BCUT2D eigenvalue weighted by atomic mass is 19.4. The Balaban J connectivity index is 3.11. The number of nitriles is 1. The Morgan fingerprint density at radius 2 is 1.61 bits per heavy atom. The molecule has 5 heteroatoms. The van der Waals surface area contributed by atoms with Crippen LogP contribution in [-0.2, 0) is 6.18 Å². The summed E-state index contributed by atoms with van der Waals surface area (Å²) in [6.45, 7) is 7.96. The van der Waals surface area contributed by atoms with Crippen LogP contribution in [0.2, 0.25) is 0 Å². The molecule has 0 aliphatic carbocycles. The summed E-state index contributed by atoms with van der Waals surface area (Å²) in [4.78, 5) is 1.99. The van der Waals surface area contributed by atoms with Crippen molar-refractivity contribution < 1.29 is 13.2 Å². The van der Waals surface area contributed by atoms with Gasteiger partial charge in [0, 0.05) is 23.7 Å². The molecule has 122 valence electrons. The Labute approximate surface area is 135 Å². The fourth-order valence-corrected chi connectivity index (χ4v) is 2.27.